The maximum Gasteiger partial charge on any atom is 0.472 e. The maximum atomic E-state index is 10.5. The molecule has 0 aliphatic heterocycles. The first-order chi connectivity index (χ1) is 5.02. The van der Waals surface area contributed by atoms with Crippen molar-refractivity contribution in [2.24, 2.45) is 0 Å². The average molecular weight is 186 g/mol. The fourth-order valence-electron chi connectivity index (χ4n) is 0.286. The maximum absolute atomic E-state index is 10.5. The summed E-state index contributed by atoms with van der Waals surface area (Å²) in [7, 11) is -3.01. The third kappa shape index (κ3) is 5.32. The molecule has 0 radical (unpaired) electrons. The van der Waals surface area contributed by atoms with Crippen LogP contribution in [0.25, 0.3) is 0 Å². The Kier molecular flexibility index (Phi) is 4.83. The molecule has 0 amide bonds. The minimum Gasteiger partial charge on any atom is -0.394 e. The van der Waals surface area contributed by atoms with Gasteiger partial charge in [0.2, 0.25) is 0 Å². The first-order valence-corrected chi connectivity index (χ1v) is 4.33. The van der Waals surface area contributed by atoms with Crippen molar-refractivity contribution in [2.75, 3.05) is 20.3 Å². The van der Waals surface area contributed by atoms with Crippen molar-refractivity contribution in [3.8, 4) is 0 Å². The van der Waals surface area contributed by atoms with Crippen LogP contribution in [0.1, 0.15) is 0 Å². The lowest BCUT2D eigenvalue weighted by Crippen LogP contribution is -2.18. The number of hydrogen-bond donors (Lipinski definition) is 3. The van der Waals surface area contributed by atoms with Crippen molar-refractivity contribution in [3.63, 3.8) is 0 Å². The largest absolute Gasteiger partial charge is 0.472 e. The molecular formula is C4H11O6P. The van der Waals surface area contributed by atoms with E-state index in [2.05, 4.69) is 9.05 Å². The summed E-state index contributed by atoms with van der Waals surface area (Å²) < 4.78 is 18.8. The van der Waals surface area contributed by atoms with Gasteiger partial charge in [0.1, 0.15) is 6.10 Å². The Labute approximate surface area is 64.0 Å². The molecule has 0 aliphatic rings. The molecule has 68 valence electrons. The molecule has 3 N–H and O–H groups in total. The van der Waals surface area contributed by atoms with Gasteiger partial charge in [-0.3, -0.25) is 9.05 Å². The van der Waals surface area contributed by atoms with Crippen LogP contribution in [0.4, 0.5) is 0 Å². The molecule has 1 unspecified atom stereocenters. The van der Waals surface area contributed by atoms with Crippen LogP contribution in [0, 0.1) is 0 Å². The predicted molar refractivity (Wildman–Crippen MR) is 35.9 cm³/mol. The number of phosphoric acid groups is 1. The monoisotopic (exact) mass is 186 g/mol. The smallest absolute Gasteiger partial charge is 0.394 e. The SMILES string of the molecule is COP(=O)(O)OC[C@@H](O)CO. The van der Waals surface area contributed by atoms with Crippen LogP contribution in [0.15, 0.2) is 0 Å². The molecule has 2 atom stereocenters. The zero-order chi connectivity index (χ0) is 8.91. The van der Waals surface area contributed by atoms with Gasteiger partial charge in [0.15, 0.2) is 0 Å². The number of aliphatic hydroxyl groups is 2. The number of hydrogen-bond acceptors (Lipinski definition) is 5. The van der Waals surface area contributed by atoms with Crippen molar-refractivity contribution in [1.82, 2.24) is 0 Å². The van der Waals surface area contributed by atoms with Gasteiger partial charge < -0.3 is 15.1 Å². The summed E-state index contributed by atoms with van der Waals surface area (Å²) in [5, 5.41) is 16.9. The molecular weight excluding hydrogens is 175 g/mol. The zero-order valence-corrected chi connectivity index (χ0v) is 6.90. The lowest BCUT2D eigenvalue weighted by Gasteiger charge is -2.11. The van der Waals surface area contributed by atoms with Crippen LogP contribution in [0.2, 0.25) is 0 Å². The molecule has 11 heavy (non-hydrogen) atoms. The van der Waals surface area contributed by atoms with E-state index in [1.54, 1.807) is 0 Å². The molecule has 0 heterocycles. The van der Waals surface area contributed by atoms with Gasteiger partial charge >= 0.3 is 7.82 Å². The lowest BCUT2D eigenvalue weighted by molar-refractivity contribution is 0.0393. The average Bonchev–Trinajstić information content (AvgIpc) is 2.00. The minimum atomic E-state index is -4.01. The van der Waals surface area contributed by atoms with Crippen molar-refractivity contribution < 1.29 is 28.7 Å². The molecule has 7 heteroatoms. The highest BCUT2D eigenvalue weighted by Crippen LogP contribution is 2.41. The Morgan fingerprint density at radius 3 is 2.55 bits per heavy atom. The second kappa shape index (κ2) is 4.82. The van der Waals surface area contributed by atoms with E-state index in [0.717, 1.165) is 7.11 Å². The molecule has 0 saturated carbocycles. The summed E-state index contributed by atoms with van der Waals surface area (Å²) in [6, 6.07) is 0. The van der Waals surface area contributed by atoms with Crippen LogP contribution >= 0.6 is 7.82 Å². The Bertz CT molecular complexity index is 148. The van der Waals surface area contributed by atoms with Gasteiger partial charge in [0.05, 0.1) is 13.2 Å². The van der Waals surface area contributed by atoms with Crippen molar-refractivity contribution in [1.29, 1.82) is 0 Å². The molecule has 0 fully saturated rings. The van der Waals surface area contributed by atoms with E-state index < -0.39 is 27.1 Å². The van der Waals surface area contributed by atoms with E-state index in [9.17, 15) is 4.57 Å². The van der Waals surface area contributed by atoms with Gasteiger partial charge in [0, 0.05) is 7.11 Å². The predicted octanol–water partition coefficient (Wildman–Crippen LogP) is -0.897. The summed E-state index contributed by atoms with van der Waals surface area (Å²) in [6.07, 6.45) is -1.16. The molecule has 0 aromatic carbocycles. The first kappa shape index (κ1) is 11.0. The molecule has 0 rings (SSSR count). The van der Waals surface area contributed by atoms with E-state index in [4.69, 9.17) is 15.1 Å². The highest BCUT2D eigenvalue weighted by molar-refractivity contribution is 7.47. The van der Waals surface area contributed by atoms with Crippen molar-refractivity contribution in [2.45, 2.75) is 6.10 Å². The minimum absolute atomic E-state index is 0.432. The fraction of sp³-hybridized carbons (Fsp3) is 1.00. The quantitative estimate of drug-likeness (QED) is 0.481. The normalized spacial score (nSPS) is 19.3. The summed E-state index contributed by atoms with van der Waals surface area (Å²) in [6.45, 7) is -0.957. The number of rotatable bonds is 5. The molecule has 0 spiro atoms. The molecule has 0 saturated heterocycles. The molecule has 0 aromatic rings. The van der Waals surface area contributed by atoms with Crippen LogP contribution < -0.4 is 0 Å². The van der Waals surface area contributed by atoms with Gasteiger partial charge in [0.25, 0.3) is 0 Å². The Hall–Kier alpha value is 0.0300. The topological polar surface area (TPSA) is 96.2 Å². The Balaban J connectivity index is 3.61. The first-order valence-electron chi connectivity index (χ1n) is 2.84. The van der Waals surface area contributed by atoms with Crippen LogP contribution in [0.5, 0.6) is 0 Å². The number of phosphoric ester groups is 1. The highest BCUT2D eigenvalue weighted by atomic mass is 31.2. The van der Waals surface area contributed by atoms with E-state index in [-0.39, 0.29) is 0 Å². The van der Waals surface area contributed by atoms with E-state index >= 15 is 0 Å². The van der Waals surface area contributed by atoms with Crippen LogP contribution in [-0.2, 0) is 13.6 Å². The van der Waals surface area contributed by atoms with Crippen LogP contribution in [-0.4, -0.2) is 41.5 Å². The summed E-state index contributed by atoms with van der Waals surface area (Å²) in [5.74, 6) is 0. The summed E-state index contributed by atoms with van der Waals surface area (Å²) in [5.41, 5.74) is 0. The van der Waals surface area contributed by atoms with Gasteiger partial charge in [-0.25, -0.2) is 4.57 Å². The molecule has 0 bridgehead atoms. The second-order valence-electron chi connectivity index (χ2n) is 1.78. The van der Waals surface area contributed by atoms with E-state index in [1.807, 2.05) is 0 Å². The van der Waals surface area contributed by atoms with Crippen LogP contribution in [0.3, 0.4) is 0 Å². The number of aliphatic hydroxyl groups excluding tert-OH is 2. The fourth-order valence-corrected chi connectivity index (χ4v) is 0.752. The summed E-state index contributed by atoms with van der Waals surface area (Å²) >= 11 is 0. The standard InChI is InChI=1S/C4H11O6P/c1-9-11(7,8)10-3-4(6)2-5/h4-6H,2-3H2,1H3,(H,7,8)/t4-/m0/s1. The highest BCUT2D eigenvalue weighted by Gasteiger charge is 2.19. The van der Waals surface area contributed by atoms with E-state index in [1.165, 1.54) is 0 Å². The van der Waals surface area contributed by atoms with Gasteiger partial charge in [-0.15, -0.1) is 0 Å². The Morgan fingerprint density at radius 2 is 2.18 bits per heavy atom. The van der Waals surface area contributed by atoms with E-state index in [0.29, 0.717) is 0 Å². The van der Waals surface area contributed by atoms with Gasteiger partial charge in [-0.2, -0.15) is 0 Å². The lowest BCUT2D eigenvalue weighted by atomic mass is 10.4. The Morgan fingerprint density at radius 1 is 1.64 bits per heavy atom. The third-order valence-electron chi connectivity index (χ3n) is 0.872. The molecule has 0 aliphatic carbocycles. The third-order valence-corrected chi connectivity index (χ3v) is 1.81. The van der Waals surface area contributed by atoms with Crippen molar-refractivity contribution >= 4 is 7.82 Å². The molecule has 6 nitrogen and oxygen atoms in total. The zero-order valence-electron chi connectivity index (χ0n) is 6.01. The second-order valence-corrected chi connectivity index (χ2v) is 3.34. The van der Waals surface area contributed by atoms with Gasteiger partial charge in [-0.05, 0) is 0 Å². The molecule has 0 aromatic heterocycles. The summed E-state index contributed by atoms with van der Waals surface area (Å²) in [4.78, 5) is 8.59. The van der Waals surface area contributed by atoms with Crippen molar-refractivity contribution in [3.05, 3.63) is 0 Å². The van der Waals surface area contributed by atoms with Gasteiger partial charge in [-0.1, -0.05) is 0 Å².